The number of nitrogens with zero attached hydrogens (tertiary/aromatic N) is 1. The molecule has 0 amide bonds. The average molecular weight is 233 g/mol. The number of hydrogen-bond acceptors (Lipinski definition) is 3. The van der Waals surface area contributed by atoms with Crippen LogP contribution in [-0.4, -0.2) is 43.5 Å². The van der Waals surface area contributed by atoms with E-state index in [1.54, 1.807) is 0 Å². The molecule has 0 aromatic heterocycles. The zero-order valence-corrected chi connectivity index (χ0v) is 11.3. The summed E-state index contributed by atoms with van der Waals surface area (Å²) in [6, 6.07) is 0. The van der Waals surface area contributed by atoms with Gasteiger partial charge in [-0.05, 0) is 19.3 Å². The van der Waals surface area contributed by atoms with Gasteiger partial charge < -0.3 is 0 Å². The summed E-state index contributed by atoms with van der Waals surface area (Å²) in [4.78, 5) is 2.30. The van der Waals surface area contributed by atoms with Crippen molar-refractivity contribution in [3.8, 4) is 0 Å². The summed E-state index contributed by atoms with van der Waals surface area (Å²) >= 11 is 0. The lowest BCUT2D eigenvalue weighted by atomic mass is 9.75. The predicted molar refractivity (Wildman–Crippen MR) is 63.8 cm³/mol. The fourth-order valence-corrected chi connectivity index (χ4v) is 2.95. The summed E-state index contributed by atoms with van der Waals surface area (Å²) in [7, 11) is -2.76. The van der Waals surface area contributed by atoms with Crippen molar-refractivity contribution in [2.45, 2.75) is 40.2 Å². The van der Waals surface area contributed by atoms with Gasteiger partial charge in [0, 0.05) is 18.6 Å². The smallest absolute Gasteiger partial charge is 0.152 e. The van der Waals surface area contributed by atoms with Crippen LogP contribution >= 0.6 is 0 Å². The van der Waals surface area contributed by atoms with Gasteiger partial charge >= 0.3 is 0 Å². The first kappa shape index (κ1) is 13.0. The molecule has 1 aliphatic rings. The maximum absolute atomic E-state index is 11.3. The SMILES string of the molecule is CC(C)(C)C(C)(C)N1CCS(=O)(=O)CC1. The third-order valence-electron chi connectivity index (χ3n) is 3.97. The highest BCUT2D eigenvalue weighted by molar-refractivity contribution is 7.91. The number of hydrogen-bond donors (Lipinski definition) is 0. The quantitative estimate of drug-likeness (QED) is 0.689. The van der Waals surface area contributed by atoms with Gasteiger partial charge in [-0.2, -0.15) is 0 Å². The molecule has 1 saturated heterocycles. The predicted octanol–water partition coefficient (Wildman–Crippen LogP) is 1.54. The second-order valence-corrected chi connectivity index (χ2v) is 8.25. The van der Waals surface area contributed by atoms with Crippen molar-refractivity contribution in [1.82, 2.24) is 4.90 Å². The van der Waals surface area contributed by atoms with Crippen LogP contribution in [0.4, 0.5) is 0 Å². The van der Waals surface area contributed by atoms with Crippen LogP contribution in [-0.2, 0) is 9.84 Å². The highest BCUT2D eigenvalue weighted by Crippen LogP contribution is 2.35. The second kappa shape index (κ2) is 3.74. The molecular weight excluding hydrogens is 210 g/mol. The lowest BCUT2D eigenvalue weighted by Crippen LogP contribution is -2.57. The van der Waals surface area contributed by atoms with Gasteiger partial charge in [0.1, 0.15) is 0 Å². The van der Waals surface area contributed by atoms with Gasteiger partial charge in [-0.25, -0.2) is 8.42 Å². The zero-order chi connectivity index (χ0) is 11.9. The standard InChI is InChI=1S/C11H23NO2S/c1-10(2,3)11(4,5)12-6-8-15(13,14)9-7-12/h6-9H2,1-5H3. The van der Waals surface area contributed by atoms with Gasteiger partial charge in [-0.1, -0.05) is 20.8 Å². The first-order valence-corrected chi connectivity index (χ1v) is 7.34. The van der Waals surface area contributed by atoms with Gasteiger partial charge in [0.2, 0.25) is 0 Å². The van der Waals surface area contributed by atoms with Crippen molar-refractivity contribution in [1.29, 1.82) is 0 Å². The topological polar surface area (TPSA) is 37.4 Å². The van der Waals surface area contributed by atoms with Gasteiger partial charge in [-0.15, -0.1) is 0 Å². The molecule has 0 bridgehead atoms. The third-order valence-corrected chi connectivity index (χ3v) is 5.58. The summed E-state index contributed by atoms with van der Waals surface area (Å²) in [5, 5.41) is 0. The third kappa shape index (κ3) is 2.72. The highest BCUT2D eigenvalue weighted by Gasteiger charge is 2.40. The van der Waals surface area contributed by atoms with Crippen molar-refractivity contribution < 1.29 is 8.42 Å². The molecule has 0 atom stereocenters. The molecule has 15 heavy (non-hydrogen) atoms. The molecule has 1 aliphatic heterocycles. The van der Waals surface area contributed by atoms with Crippen molar-refractivity contribution in [3.05, 3.63) is 0 Å². The molecule has 1 fully saturated rings. The van der Waals surface area contributed by atoms with E-state index in [0.29, 0.717) is 24.6 Å². The van der Waals surface area contributed by atoms with Crippen molar-refractivity contribution in [2.24, 2.45) is 5.41 Å². The largest absolute Gasteiger partial charge is 0.296 e. The normalized spacial score (nSPS) is 24.1. The van der Waals surface area contributed by atoms with E-state index in [9.17, 15) is 8.42 Å². The zero-order valence-electron chi connectivity index (χ0n) is 10.5. The van der Waals surface area contributed by atoms with E-state index < -0.39 is 9.84 Å². The number of sulfone groups is 1. The summed E-state index contributed by atoms with van der Waals surface area (Å²) in [5.74, 6) is 0.624. The highest BCUT2D eigenvalue weighted by atomic mass is 32.2. The molecule has 1 rings (SSSR count). The van der Waals surface area contributed by atoms with E-state index in [4.69, 9.17) is 0 Å². The Labute approximate surface area is 93.8 Å². The lowest BCUT2D eigenvalue weighted by Gasteiger charge is -2.49. The van der Waals surface area contributed by atoms with Crippen molar-refractivity contribution in [3.63, 3.8) is 0 Å². The van der Waals surface area contributed by atoms with E-state index in [1.165, 1.54) is 0 Å². The van der Waals surface area contributed by atoms with Crippen LogP contribution in [0.2, 0.25) is 0 Å². The van der Waals surface area contributed by atoms with Gasteiger partial charge in [0.15, 0.2) is 9.84 Å². The number of rotatable bonds is 1. The first-order chi connectivity index (χ1) is 6.56. The van der Waals surface area contributed by atoms with Crippen LogP contribution < -0.4 is 0 Å². The average Bonchev–Trinajstić information content (AvgIpc) is 2.01. The molecular formula is C11H23NO2S. The van der Waals surface area contributed by atoms with Crippen molar-refractivity contribution >= 4 is 9.84 Å². The Kier molecular flexibility index (Phi) is 3.23. The fourth-order valence-electron chi connectivity index (χ4n) is 1.75. The van der Waals surface area contributed by atoms with E-state index in [-0.39, 0.29) is 11.0 Å². The molecule has 3 nitrogen and oxygen atoms in total. The van der Waals surface area contributed by atoms with Gasteiger partial charge in [0.25, 0.3) is 0 Å². The summed E-state index contributed by atoms with van der Waals surface area (Å²) in [6.07, 6.45) is 0. The molecule has 0 N–H and O–H groups in total. The monoisotopic (exact) mass is 233 g/mol. The first-order valence-electron chi connectivity index (χ1n) is 5.52. The van der Waals surface area contributed by atoms with E-state index in [2.05, 4.69) is 39.5 Å². The molecule has 0 spiro atoms. The second-order valence-electron chi connectivity index (χ2n) is 5.95. The fraction of sp³-hybridized carbons (Fsp3) is 1.00. The molecule has 4 heteroatoms. The Balaban J connectivity index is 2.76. The van der Waals surface area contributed by atoms with E-state index >= 15 is 0 Å². The molecule has 0 saturated carbocycles. The Bertz CT molecular complexity index is 311. The maximum Gasteiger partial charge on any atom is 0.152 e. The molecule has 1 heterocycles. The molecule has 90 valence electrons. The van der Waals surface area contributed by atoms with Crippen LogP contribution in [0.15, 0.2) is 0 Å². The van der Waals surface area contributed by atoms with Gasteiger partial charge in [-0.3, -0.25) is 4.90 Å². The molecule has 0 aliphatic carbocycles. The Morgan fingerprint density at radius 1 is 0.933 bits per heavy atom. The molecule has 0 aromatic rings. The minimum absolute atomic E-state index is 0.0446. The van der Waals surface area contributed by atoms with Crippen LogP contribution in [0.1, 0.15) is 34.6 Å². The molecule has 0 aromatic carbocycles. The maximum atomic E-state index is 11.3. The van der Waals surface area contributed by atoms with E-state index in [0.717, 1.165) is 0 Å². The van der Waals surface area contributed by atoms with E-state index in [1.807, 2.05) is 0 Å². The van der Waals surface area contributed by atoms with Gasteiger partial charge in [0.05, 0.1) is 11.5 Å². The van der Waals surface area contributed by atoms with Crippen LogP contribution in [0.3, 0.4) is 0 Å². The minimum Gasteiger partial charge on any atom is -0.296 e. The summed E-state index contributed by atoms with van der Waals surface area (Å²) < 4.78 is 22.7. The Morgan fingerprint density at radius 2 is 1.33 bits per heavy atom. The summed E-state index contributed by atoms with van der Waals surface area (Å²) in [5.41, 5.74) is 0.205. The van der Waals surface area contributed by atoms with Crippen LogP contribution in [0.5, 0.6) is 0 Å². The lowest BCUT2D eigenvalue weighted by molar-refractivity contribution is 0.0287. The Morgan fingerprint density at radius 3 is 1.67 bits per heavy atom. The van der Waals surface area contributed by atoms with Crippen molar-refractivity contribution in [2.75, 3.05) is 24.6 Å². The minimum atomic E-state index is -2.76. The van der Waals surface area contributed by atoms with Crippen LogP contribution in [0, 0.1) is 5.41 Å². The Hall–Kier alpha value is -0.0900. The molecule has 0 unspecified atom stereocenters. The molecule has 0 radical (unpaired) electrons. The van der Waals surface area contributed by atoms with Crippen LogP contribution in [0.25, 0.3) is 0 Å². The summed E-state index contributed by atoms with van der Waals surface area (Å²) in [6.45, 7) is 12.4.